The number of alkyl halides is 1. The van der Waals surface area contributed by atoms with E-state index in [9.17, 15) is 9.59 Å². The van der Waals surface area contributed by atoms with Gasteiger partial charge in [-0.1, -0.05) is 12.1 Å². The zero-order valence-electron chi connectivity index (χ0n) is 11.2. The van der Waals surface area contributed by atoms with Gasteiger partial charge >= 0.3 is 5.97 Å². The molecule has 19 heavy (non-hydrogen) atoms. The highest BCUT2D eigenvalue weighted by molar-refractivity contribution is 6.17. The number of hydrogen-bond acceptors (Lipinski definition) is 3. The Hall–Kier alpha value is -1.55. The number of rotatable bonds is 6. The van der Waals surface area contributed by atoms with Crippen LogP contribution in [0.2, 0.25) is 0 Å². The maximum Gasteiger partial charge on any atom is 0.302 e. The number of hydrogen-bond donors (Lipinski definition) is 0. The first-order chi connectivity index (χ1) is 9.08. The number of likely N-dealkylation sites (N-methyl/N-ethyl adjacent to an activating group) is 1. The maximum atomic E-state index is 12.2. The summed E-state index contributed by atoms with van der Waals surface area (Å²) in [6.45, 7) is 4.42. The average Bonchev–Trinajstić information content (AvgIpc) is 2.43. The number of halogens is 1. The summed E-state index contributed by atoms with van der Waals surface area (Å²) in [6, 6.07) is 7.18. The Bertz CT molecular complexity index is 431. The number of ether oxygens (including phenoxy) is 1. The number of carbonyl (C=O) groups is 2. The molecule has 4 nitrogen and oxygen atoms in total. The summed E-state index contributed by atoms with van der Waals surface area (Å²) in [5.74, 6) is 0.0176. The summed E-state index contributed by atoms with van der Waals surface area (Å²) >= 11 is 5.70. The lowest BCUT2D eigenvalue weighted by molar-refractivity contribution is -0.141. The molecule has 0 aliphatic carbocycles. The van der Waals surface area contributed by atoms with Crippen molar-refractivity contribution >= 4 is 23.5 Å². The van der Waals surface area contributed by atoms with Crippen molar-refractivity contribution < 1.29 is 14.3 Å². The first-order valence-corrected chi connectivity index (χ1v) is 6.69. The van der Waals surface area contributed by atoms with E-state index in [2.05, 4.69) is 0 Å². The van der Waals surface area contributed by atoms with Gasteiger partial charge < -0.3 is 9.64 Å². The van der Waals surface area contributed by atoms with Gasteiger partial charge in [-0.05, 0) is 24.6 Å². The van der Waals surface area contributed by atoms with Crippen LogP contribution in [0.25, 0.3) is 0 Å². The molecule has 0 N–H and O–H groups in total. The minimum Gasteiger partial charge on any atom is -0.464 e. The highest BCUT2D eigenvalue weighted by Gasteiger charge is 2.14. The van der Waals surface area contributed by atoms with E-state index in [1.165, 1.54) is 6.92 Å². The summed E-state index contributed by atoms with van der Waals surface area (Å²) in [5.41, 5.74) is 1.58. The molecule has 0 fully saturated rings. The third kappa shape index (κ3) is 4.91. The average molecular weight is 284 g/mol. The van der Waals surface area contributed by atoms with Gasteiger partial charge in [-0.3, -0.25) is 9.59 Å². The van der Waals surface area contributed by atoms with Crippen molar-refractivity contribution in [2.24, 2.45) is 0 Å². The predicted octanol–water partition coefficient (Wildman–Crippen LogP) is 2.45. The fourth-order valence-corrected chi connectivity index (χ4v) is 1.80. The Labute approximate surface area is 118 Å². The van der Waals surface area contributed by atoms with E-state index >= 15 is 0 Å². The lowest BCUT2D eigenvalue weighted by Crippen LogP contribution is -2.34. The normalized spacial score (nSPS) is 10.1. The van der Waals surface area contributed by atoms with Crippen molar-refractivity contribution in [3.05, 3.63) is 35.4 Å². The van der Waals surface area contributed by atoms with Gasteiger partial charge in [0.05, 0.1) is 6.54 Å². The topological polar surface area (TPSA) is 46.6 Å². The summed E-state index contributed by atoms with van der Waals surface area (Å²) in [6.07, 6.45) is 0. The zero-order chi connectivity index (χ0) is 14.3. The fourth-order valence-electron chi connectivity index (χ4n) is 1.62. The van der Waals surface area contributed by atoms with Crippen LogP contribution in [0.5, 0.6) is 0 Å². The van der Waals surface area contributed by atoms with Crippen LogP contribution in [-0.4, -0.2) is 36.5 Å². The van der Waals surface area contributed by atoms with Gasteiger partial charge in [0, 0.05) is 24.9 Å². The van der Waals surface area contributed by atoms with Gasteiger partial charge in [0.1, 0.15) is 6.61 Å². The van der Waals surface area contributed by atoms with E-state index in [0.29, 0.717) is 24.5 Å². The van der Waals surface area contributed by atoms with Crippen molar-refractivity contribution in [3.8, 4) is 0 Å². The Morgan fingerprint density at radius 1 is 1.26 bits per heavy atom. The number of amides is 1. The van der Waals surface area contributed by atoms with E-state index < -0.39 is 0 Å². The lowest BCUT2D eigenvalue weighted by Gasteiger charge is -2.20. The largest absolute Gasteiger partial charge is 0.464 e. The molecule has 0 aliphatic rings. The molecule has 0 aromatic heterocycles. The van der Waals surface area contributed by atoms with E-state index in [1.54, 1.807) is 17.0 Å². The minimum absolute atomic E-state index is 0.0734. The highest BCUT2D eigenvalue weighted by Crippen LogP contribution is 2.09. The Balaban J connectivity index is 2.63. The molecule has 0 bridgehead atoms. The van der Waals surface area contributed by atoms with Gasteiger partial charge in [0.2, 0.25) is 0 Å². The van der Waals surface area contributed by atoms with Gasteiger partial charge in [-0.2, -0.15) is 0 Å². The Kier molecular flexibility index (Phi) is 6.36. The molecule has 1 rings (SSSR count). The van der Waals surface area contributed by atoms with E-state index in [4.69, 9.17) is 16.3 Å². The second-order valence-electron chi connectivity index (χ2n) is 4.06. The van der Waals surface area contributed by atoms with Crippen LogP contribution >= 0.6 is 11.6 Å². The summed E-state index contributed by atoms with van der Waals surface area (Å²) in [7, 11) is 0. The molecule has 0 saturated carbocycles. The van der Waals surface area contributed by atoms with Crippen LogP contribution in [0.15, 0.2) is 24.3 Å². The Morgan fingerprint density at radius 2 is 1.89 bits per heavy atom. The molecule has 0 radical (unpaired) electrons. The minimum atomic E-state index is -0.338. The number of nitrogens with zero attached hydrogens (tertiary/aromatic N) is 1. The van der Waals surface area contributed by atoms with Crippen LogP contribution in [0.3, 0.4) is 0 Å². The van der Waals surface area contributed by atoms with Crippen LogP contribution in [-0.2, 0) is 15.4 Å². The monoisotopic (exact) mass is 283 g/mol. The molecule has 0 spiro atoms. The molecular weight excluding hydrogens is 266 g/mol. The quantitative estimate of drug-likeness (QED) is 0.595. The molecule has 1 aromatic carbocycles. The smallest absolute Gasteiger partial charge is 0.302 e. The van der Waals surface area contributed by atoms with E-state index in [-0.39, 0.29) is 18.5 Å². The molecule has 0 unspecified atom stereocenters. The number of carbonyl (C=O) groups excluding carboxylic acids is 2. The van der Waals surface area contributed by atoms with Crippen molar-refractivity contribution in [1.82, 2.24) is 4.90 Å². The predicted molar refractivity (Wildman–Crippen MR) is 74.2 cm³/mol. The third-order valence-corrected chi connectivity index (χ3v) is 3.00. The molecule has 5 heteroatoms. The first-order valence-electron chi connectivity index (χ1n) is 6.16. The van der Waals surface area contributed by atoms with Crippen LogP contribution < -0.4 is 0 Å². The molecular formula is C14H18ClNO3. The SMILES string of the molecule is CCN(CCOC(C)=O)C(=O)c1ccc(CCl)cc1. The highest BCUT2D eigenvalue weighted by atomic mass is 35.5. The maximum absolute atomic E-state index is 12.2. The molecule has 0 atom stereocenters. The van der Waals surface area contributed by atoms with Crippen molar-refractivity contribution in [1.29, 1.82) is 0 Å². The van der Waals surface area contributed by atoms with E-state index in [1.807, 2.05) is 19.1 Å². The van der Waals surface area contributed by atoms with Crippen LogP contribution in [0, 0.1) is 0 Å². The number of benzene rings is 1. The van der Waals surface area contributed by atoms with Crippen molar-refractivity contribution in [2.45, 2.75) is 19.7 Å². The molecule has 0 saturated heterocycles. The summed E-state index contributed by atoms with van der Waals surface area (Å²) < 4.78 is 4.85. The second-order valence-corrected chi connectivity index (χ2v) is 4.32. The van der Waals surface area contributed by atoms with Gasteiger partial charge in [0.25, 0.3) is 5.91 Å². The number of esters is 1. The first kappa shape index (κ1) is 15.5. The van der Waals surface area contributed by atoms with E-state index in [0.717, 1.165) is 5.56 Å². The summed E-state index contributed by atoms with van der Waals surface area (Å²) in [5, 5.41) is 0. The molecule has 0 aliphatic heterocycles. The van der Waals surface area contributed by atoms with Gasteiger partial charge in [-0.25, -0.2) is 0 Å². The van der Waals surface area contributed by atoms with Crippen LogP contribution in [0.1, 0.15) is 29.8 Å². The summed E-state index contributed by atoms with van der Waals surface area (Å²) in [4.78, 5) is 24.5. The molecule has 1 aromatic rings. The second kappa shape index (κ2) is 7.79. The molecule has 104 valence electrons. The van der Waals surface area contributed by atoms with Crippen molar-refractivity contribution in [2.75, 3.05) is 19.7 Å². The third-order valence-electron chi connectivity index (χ3n) is 2.69. The van der Waals surface area contributed by atoms with Crippen molar-refractivity contribution in [3.63, 3.8) is 0 Å². The fraction of sp³-hybridized carbons (Fsp3) is 0.429. The standard InChI is InChI=1S/C14H18ClNO3/c1-3-16(8-9-19-11(2)17)14(18)13-6-4-12(10-15)5-7-13/h4-7H,3,8-10H2,1-2H3. The van der Waals surface area contributed by atoms with Gasteiger partial charge in [0.15, 0.2) is 0 Å². The van der Waals surface area contributed by atoms with Gasteiger partial charge in [-0.15, -0.1) is 11.6 Å². The zero-order valence-corrected chi connectivity index (χ0v) is 11.9. The Morgan fingerprint density at radius 3 is 2.37 bits per heavy atom. The van der Waals surface area contributed by atoms with Crippen LogP contribution in [0.4, 0.5) is 0 Å². The molecule has 0 heterocycles. The molecule has 1 amide bonds. The lowest BCUT2D eigenvalue weighted by atomic mass is 10.1.